The molecule has 0 fully saturated rings. The number of hydrogen-bond acceptors (Lipinski definition) is 6. The molecule has 1 aromatic heterocycles. The molecule has 9 heteroatoms. The van der Waals surface area contributed by atoms with Gasteiger partial charge in [-0.1, -0.05) is 72.8 Å². The van der Waals surface area contributed by atoms with E-state index in [2.05, 4.69) is 10.3 Å². The first kappa shape index (κ1) is 29.5. The van der Waals surface area contributed by atoms with Crippen molar-refractivity contribution in [2.45, 2.75) is 30.7 Å². The van der Waals surface area contributed by atoms with E-state index in [1.54, 1.807) is 80.0 Å². The molecule has 0 spiro atoms. The number of nitrogens with one attached hydrogen (secondary N) is 1. The average molecular weight is 572 g/mol. The number of anilines is 1. The zero-order valence-corrected chi connectivity index (χ0v) is 23.8. The number of aliphatic carboxylic acids is 1. The number of carboxylic acids is 1. The molecule has 3 aromatic carbocycles. The molecular formula is C32H33N3O5S. The van der Waals surface area contributed by atoms with Crippen molar-refractivity contribution in [3.05, 3.63) is 132 Å². The first-order chi connectivity index (χ1) is 19.6. The molecule has 2 N–H and O–H groups in total. The fraction of sp³-hybridized carbons (Fsp3) is 0.219. The van der Waals surface area contributed by atoms with Crippen LogP contribution in [0.3, 0.4) is 0 Å². The van der Waals surface area contributed by atoms with Crippen LogP contribution in [0.4, 0.5) is 5.69 Å². The lowest BCUT2D eigenvalue weighted by Crippen LogP contribution is -2.56. The molecule has 0 aliphatic carbocycles. The van der Waals surface area contributed by atoms with Gasteiger partial charge in [-0.05, 0) is 47.9 Å². The highest BCUT2D eigenvalue weighted by atomic mass is 32.2. The fourth-order valence-corrected chi connectivity index (χ4v) is 5.94. The van der Waals surface area contributed by atoms with Crippen LogP contribution in [-0.4, -0.2) is 48.4 Å². The largest absolute Gasteiger partial charge is 0.479 e. The standard InChI is InChI=1S/C32H33N3O5S/c1-24-12-9-10-18-29(24)32(31(37)38,34-30(36)26-15-7-4-8-16-26)20-28(41(2,39)40)23-35(27-17-11-19-33-21-27)22-25-13-5-3-6-14-25/h3-19,21,28H,20,22-23H2,1-2H3,(H,34,36)(H,37,38). The number of pyridine rings is 1. The second kappa shape index (κ2) is 12.8. The molecule has 1 heterocycles. The number of amides is 1. The van der Waals surface area contributed by atoms with E-state index in [1.165, 1.54) is 0 Å². The molecule has 212 valence electrons. The molecule has 2 atom stereocenters. The van der Waals surface area contributed by atoms with Crippen LogP contribution in [0.2, 0.25) is 0 Å². The van der Waals surface area contributed by atoms with E-state index in [1.807, 2.05) is 41.3 Å². The Morgan fingerprint density at radius 3 is 2.15 bits per heavy atom. The van der Waals surface area contributed by atoms with Gasteiger partial charge in [-0.25, -0.2) is 13.2 Å². The van der Waals surface area contributed by atoms with Crippen LogP contribution in [-0.2, 0) is 26.7 Å². The van der Waals surface area contributed by atoms with Gasteiger partial charge in [0.15, 0.2) is 15.4 Å². The zero-order chi connectivity index (χ0) is 29.5. The third-order valence-corrected chi connectivity index (χ3v) is 8.65. The van der Waals surface area contributed by atoms with Crippen LogP contribution < -0.4 is 10.2 Å². The fourth-order valence-electron chi connectivity index (χ4n) is 4.94. The van der Waals surface area contributed by atoms with Gasteiger partial charge in [-0.2, -0.15) is 0 Å². The second-order valence-corrected chi connectivity index (χ2v) is 12.4. The molecule has 0 radical (unpaired) electrons. The molecule has 8 nitrogen and oxygen atoms in total. The number of carboxylic acid groups (broad SMARTS) is 1. The second-order valence-electron chi connectivity index (χ2n) is 10.1. The Labute approximate surface area is 240 Å². The van der Waals surface area contributed by atoms with Gasteiger partial charge in [-0.3, -0.25) is 9.78 Å². The number of aromatic nitrogens is 1. The van der Waals surface area contributed by atoms with Crippen molar-refractivity contribution >= 4 is 27.4 Å². The molecule has 4 rings (SSSR count). The van der Waals surface area contributed by atoms with E-state index in [4.69, 9.17) is 0 Å². The van der Waals surface area contributed by atoms with Crippen molar-refractivity contribution in [1.29, 1.82) is 0 Å². The third kappa shape index (κ3) is 7.18. The van der Waals surface area contributed by atoms with E-state index >= 15 is 0 Å². The van der Waals surface area contributed by atoms with E-state index in [0.29, 0.717) is 23.4 Å². The lowest BCUT2D eigenvalue weighted by atomic mass is 9.82. The molecule has 2 unspecified atom stereocenters. The van der Waals surface area contributed by atoms with E-state index < -0.39 is 38.9 Å². The van der Waals surface area contributed by atoms with Crippen molar-refractivity contribution in [3.63, 3.8) is 0 Å². The summed E-state index contributed by atoms with van der Waals surface area (Å²) in [7, 11) is -3.82. The maximum Gasteiger partial charge on any atom is 0.334 e. The highest BCUT2D eigenvalue weighted by Crippen LogP contribution is 2.33. The lowest BCUT2D eigenvalue weighted by Gasteiger charge is -2.37. The van der Waals surface area contributed by atoms with Crippen molar-refractivity contribution in [3.8, 4) is 0 Å². The van der Waals surface area contributed by atoms with Gasteiger partial charge in [0.1, 0.15) is 0 Å². The first-order valence-electron chi connectivity index (χ1n) is 13.1. The van der Waals surface area contributed by atoms with Gasteiger partial charge in [0, 0.05) is 37.5 Å². The lowest BCUT2D eigenvalue weighted by molar-refractivity contribution is -0.145. The SMILES string of the molecule is Cc1ccccc1C(CC(CN(Cc1ccccc1)c1cccnc1)S(C)(=O)=O)(NC(=O)c1ccccc1)C(=O)O. The van der Waals surface area contributed by atoms with Crippen LogP contribution in [0, 0.1) is 6.92 Å². The summed E-state index contributed by atoms with van der Waals surface area (Å²) in [6.07, 6.45) is 3.98. The van der Waals surface area contributed by atoms with Gasteiger partial charge >= 0.3 is 5.97 Å². The summed E-state index contributed by atoms with van der Waals surface area (Å²) in [6.45, 7) is 2.09. The Kier molecular flexibility index (Phi) is 9.19. The Hall–Kier alpha value is -4.50. The summed E-state index contributed by atoms with van der Waals surface area (Å²) >= 11 is 0. The summed E-state index contributed by atoms with van der Waals surface area (Å²) in [5.74, 6) is -1.96. The zero-order valence-electron chi connectivity index (χ0n) is 23.0. The van der Waals surface area contributed by atoms with Crippen LogP contribution in [0.25, 0.3) is 0 Å². The predicted molar refractivity (Wildman–Crippen MR) is 159 cm³/mol. The van der Waals surface area contributed by atoms with Crippen molar-refractivity contribution in [2.75, 3.05) is 17.7 Å². The number of carbonyl (C=O) groups excluding carboxylic acids is 1. The number of aryl methyl sites for hydroxylation is 1. The third-order valence-electron chi connectivity index (χ3n) is 7.12. The van der Waals surface area contributed by atoms with Crippen molar-refractivity contribution in [1.82, 2.24) is 10.3 Å². The molecule has 4 aromatic rings. The highest BCUT2D eigenvalue weighted by molar-refractivity contribution is 7.91. The maximum absolute atomic E-state index is 13.4. The number of benzene rings is 3. The minimum Gasteiger partial charge on any atom is -0.479 e. The molecule has 1 amide bonds. The van der Waals surface area contributed by atoms with E-state index in [9.17, 15) is 23.1 Å². The predicted octanol–water partition coefficient (Wildman–Crippen LogP) is 4.61. The van der Waals surface area contributed by atoms with E-state index in [0.717, 1.165) is 11.8 Å². The Morgan fingerprint density at radius 1 is 0.927 bits per heavy atom. The van der Waals surface area contributed by atoms with Gasteiger partial charge < -0.3 is 15.3 Å². The molecule has 41 heavy (non-hydrogen) atoms. The van der Waals surface area contributed by atoms with Gasteiger partial charge in [0.05, 0.1) is 17.1 Å². The van der Waals surface area contributed by atoms with Gasteiger partial charge in [0.25, 0.3) is 5.91 Å². The normalized spacial score (nSPS) is 13.5. The molecule has 0 aliphatic rings. The maximum atomic E-state index is 13.4. The van der Waals surface area contributed by atoms with Crippen LogP contribution in [0.15, 0.2) is 109 Å². The summed E-state index contributed by atoms with van der Waals surface area (Å²) in [4.78, 5) is 32.7. The summed E-state index contributed by atoms with van der Waals surface area (Å²) in [5.41, 5.74) is 0.813. The number of sulfone groups is 1. The minimum absolute atomic E-state index is 0.0263. The molecule has 0 saturated carbocycles. The quantitative estimate of drug-likeness (QED) is 0.255. The first-order valence-corrected chi connectivity index (χ1v) is 15.1. The Balaban J connectivity index is 1.80. The minimum atomic E-state index is -3.82. The van der Waals surface area contributed by atoms with Gasteiger partial charge in [0.2, 0.25) is 0 Å². The summed E-state index contributed by atoms with van der Waals surface area (Å²) < 4.78 is 26.8. The topological polar surface area (TPSA) is 117 Å². The van der Waals surface area contributed by atoms with Crippen LogP contribution in [0.1, 0.15) is 33.5 Å². The summed E-state index contributed by atoms with van der Waals surface area (Å²) in [6, 6.07) is 28.3. The number of nitrogens with zero attached hydrogens (tertiary/aromatic N) is 2. The summed E-state index contributed by atoms with van der Waals surface area (Å²) in [5, 5.41) is 12.3. The van der Waals surface area contributed by atoms with E-state index in [-0.39, 0.29) is 12.1 Å². The van der Waals surface area contributed by atoms with Crippen LogP contribution in [0.5, 0.6) is 0 Å². The highest BCUT2D eigenvalue weighted by Gasteiger charge is 2.47. The molecular weight excluding hydrogens is 538 g/mol. The number of hydrogen-bond donors (Lipinski definition) is 2. The molecule has 0 bridgehead atoms. The smallest absolute Gasteiger partial charge is 0.334 e. The van der Waals surface area contributed by atoms with Gasteiger partial charge in [-0.15, -0.1) is 0 Å². The average Bonchev–Trinajstić information content (AvgIpc) is 2.97. The molecule has 0 aliphatic heterocycles. The monoisotopic (exact) mass is 571 g/mol. The Morgan fingerprint density at radius 2 is 1.56 bits per heavy atom. The number of carbonyl (C=O) groups is 2. The van der Waals surface area contributed by atoms with Crippen LogP contribution >= 0.6 is 0 Å². The molecule has 0 saturated heterocycles. The Bertz CT molecular complexity index is 1580. The van der Waals surface area contributed by atoms with Crippen molar-refractivity contribution < 1.29 is 23.1 Å². The number of rotatable bonds is 12. The van der Waals surface area contributed by atoms with Crippen molar-refractivity contribution in [2.24, 2.45) is 0 Å².